The van der Waals surface area contributed by atoms with Gasteiger partial charge in [-0.05, 0) is 62.6 Å². The molecule has 1 aliphatic heterocycles. The van der Waals surface area contributed by atoms with Crippen molar-refractivity contribution < 1.29 is 9.53 Å². The summed E-state index contributed by atoms with van der Waals surface area (Å²) in [4.78, 5) is 16.6. The zero-order valence-electron chi connectivity index (χ0n) is 15.7. The van der Waals surface area contributed by atoms with Crippen molar-refractivity contribution in [2.75, 3.05) is 13.1 Å². The third-order valence-electron chi connectivity index (χ3n) is 4.46. The number of nitrogens with zero attached hydrogens (tertiary/aromatic N) is 1. The molecule has 148 valence electrons. The van der Waals surface area contributed by atoms with E-state index in [-0.39, 0.29) is 36.8 Å². The third kappa shape index (κ3) is 6.38. The number of carbonyl (C=O) groups is 1. The lowest BCUT2D eigenvalue weighted by atomic mass is 10.0. The van der Waals surface area contributed by atoms with E-state index in [0.29, 0.717) is 12.2 Å². The van der Waals surface area contributed by atoms with Crippen molar-refractivity contribution in [3.8, 4) is 5.75 Å². The lowest BCUT2D eigenvalue weighted by Gasteiger charge is -2.24. The standard InChI is InChI=1S/C20H25N3O2.2ClH/c1-14-9-17(20(24)23-18-6-4-8-22-12-18)10-15(2)19(14)25-13-16-5-3-7-21-11-16;;/h3,5,7,9-11,18,22H,4,6,8,12-13H2,1-2H3,(H,23,24);2*1H/t18-;;/m0../s1. The fourth-order valence-electron chi connectivity index (χ4n) is 3.19. The highest BCUT2D eigenvalue weighted by atomic mass is 35.5. The number of nitrogens with one attached hydrogen (secondary N) is 2. The number of hydrogen-bond acceptors (Lipinski definition) is 4. The molecule has 1 aromatic carbocycles. The molecule has 2 N–H and O–H groups in total. The summed E-state index contributed by atoms with van der Waals surface area (Å²) in [6.45, 7) is 6.30. The molecule has 27 heavy (non-hydrogen) atoms. The SMILES string of the molecule is Cc1cc(C(=O)N[C@H]2CCCNC2)cc(C)c1OCc1cccnc1.Cl.Cl. The largest absolute Gasteiger partial charge is 0.488 e. The summed E-state index contributed by atoms with van der Waals surface area (Å²) >= 11 is 0. The van der Waals surface area contributed by atoms with E-state index in [2.05, 4.69) is 15.6 Å². The Morgan fingerprint density at radius 1 is 1.30 bits per heavy atom. The highest BCUT2D eigenvalue weighted by Gasteiger charge is 2.18. The highest BCUT2D eigenvalue weighted by Crippen LogP contribution is 2.26. The first-order chi connectivity index (χ1) is 12.1. The number of rotatable bonds is 5. The molecular formula is C20H27Cl2N3O2. The fraction of sp³-hybridized carbons (Fsp3) is 0.400. The quantitative estimate of drug-likeness (QED) is 0.788. The minimum Gasteiger partial charge on any atom is -0.488 e. The number of aromatic nitrogens is 1. The van der Waals surface area contributed by atoms with Crippen LogP contribution in [0.2, 0.25) is 0 Å². The summed E-state index contributed by atoms with van der Waals surface area (Å²) < 4.78 is 5.96. The maximum atomic E-state index is 12.5. The lowest BCUT2D eigenvalue weighted by molar-refractivity contribution is 0.0930. The molecular weight excluding hydrogens is 385 g/mol. The minimum atomic E-state index is -0.0151. The monoisotopic (exact) mass is 411 g/mol. The zero-order valence-corrected chi connectivity index (χ0v) is 17.3. The molecule has 1 aliphatic rings. The molecule has 0 aliphatic carbocycles. The van der Waals surface area contributed by atoms with Crippen molar-refractivity contribution in [3.05, 3.63) is 58.9 Å². The van der Waals surface area contributed by atoms with Crippen LogP contribution in [0.25, 0.3) is 0 Å². The van der Waals surface area contributed by atoms with Crippen molar-refractivity contribution in [3.63, 3.8) is 0 Å². The van der Waals surface area contributed by atoms with Crippen LogP contribution in [0, 0.1) is 13.8 Å². The van der Waals surface area contributed by atoms with Gasteiger partial charge < -0.3 is 15.4 Å². The number of hydrogen-bond donors (Lipinski definition) is 2. The summed E-state index contributed by atoms with van der Waals surface area (Å²) in [5, 5.41) is 6.43. The molecule has 0 saturated carbocycles. The molecule has 1 amide bonds. The summed E-state index contributed by atoms with van der Waals surface area (Å²) in [6, 6.07) is 7.89. The van der Waals surface area contributed by atoms with Crippen molar-refractivity contribution in [1.82, 2.24) is 15.6 Å². The van der Waals surface area contributed by atoms with Crippen LogP contribution in [-0.4, -0.2) is 30.0 Å². The normalized spacial score (nSPS) is 15.9. The minimum absolute atomic E-state index is 0. The van der Waals surface area contributed by atoms with E-state index in [0.717, 1.165) is 48.4 Å². The molecule has 0 bridgehead atoms. The van der Waals surface area contributed by atoms with E-state index in [4.69, 9.17) is 4.74 Å². The Morgan fingerprint density at radius 2 is 2.04 bits per heavy atom. The van der Waals surface area contributed by atoms with Gasteiger partial charge in [-0.3, -0.25) is 9.78 Å². The van der Waals surface area contributed by atoms with Gasteiger partial charge in [-0.25, -0.2) is 0 Å². The molecule has 1 saturated heterocycles. The van der Waals surface area contributed by atoms with Gasteiger partial charge in [-0.15, -0.1) is 24.8 Å². The topological polar surface area (TPSA) is 63.2 Å². The highest BCUT2D eigenvalue weighted by molar-refractivity contribution is 5.95. The number of halogens is 2. The predicted molar refractivity (Wildman–Crippen MR) is 112 cm³/mol. The summed E-state index contributed by atoms with van der Waals surface area (Å²) in [5.41, 5.74) is 3.65. The lowest BCUT2D eigenvalue weighted by Crippen LogP contribution is -2.45. The Balaban J connectivity index is 0.00000182. The van der Waals surface area contributed by atoms with Crippen LogP contribution in [0.5, 0.6) is 5.75 Å². The van der Waals surface area contributed by atoms with Gasteiger partial charge in [0.2, 0.25) is 0 Å². The summed E-state index contributed by atoms with van der Waals surface area (Å²) in [7, 11) is 0. The van der Waals surface area contributed by atoms with Crippen molar-refractivity contribution in [2.45, 2.75) is 39.3 Å². The number of ether oxygens (including phenoxy) is 1. The van der Waals surface area contributed by atoms with Crippen LogP contribution >= 0.6 is 24.8 Å². The van der Waals surface area contributed by atoms with Gasteiger partial charge in [-0.1, -0.05) is 6.07 Å². The smallest absolute Gasteiger partial charge is 0.251 e. The maximum Gasteiger partial charge on any atom is 0.251 e. The van der Waals surface area contributed by atoms with Gasteiger partial charge in [0.05, 0.1) is 0 Å². The average molecular weight is 412 g/mol. The first-order valence-corrected chi connectivity index (χ1v) is 8.78. The predicted octanol–water partition coefficient (Wildman–Crippen LogP) is 3.60. The Bertz CT molecular complexity index is 712. The second-order valence-corrected chi connectivity index (χ2v) is 6.61. The first-order valence-electron chi connectivity index (χ1n) is 8.78. The van der Waals surface area contributed by atoms with Crippen LogP contribution < -0.4 is 15.4 Å². The van der Waals surface area contributed by atoms with E-state index in [1.165, 1.54) is 0 Å². The van der Waals surface area contributed by atoms with E-state index in [9.17, 15) is 4.79 Å². The molecule has 1 fully saturated rings. The number of piperidine rings is 1. The molecule has 0 unspecified atom stereocenters. The Hall–Kier alpha value is -1.82. The van der Waals surface area contributed by atoms with Crippen molar-refractivity contribution in [1.29, 1.82) is 0 Å². The molecule has 1 aromatic heterocycles. The van der Waals surface area contributed by atoms with E-state index in [1.54, 1.807) is 12.4 Å². The van der Waals surface area contributed by atoms with Crippen LogP contribution in [0.1, 0.15) is 39.9 Å². The van der Waals surface area contributed by atoms with Crippen LogP contribution in [0.15, 0.2) is 36.7 Å². The Kier molecular flexibility index (Phi) is 9.56. The van der Waals surface area contributed by atoms with E-state index in [1.807, 2.05) is 38.1 Å². The van der Waals surface area contributed by atoms with Gasteiger partial charge in [0.1, 0.15) is 12.4 Å². The van der Waals surface area contributed by atoms with Crippen LogP contribution in [0.4, 0.5) is 0 Å². The summed E-state index contributed by atoms with van der Waals surface area (Å²) in [6.07, 6.45) is 5.67. The van der Waals surface area contributed by atoms with Crippen LogP contribution in [0.3, 0.4) is 0 Å². The molecule has 0 spiro atoms. The molecule has 7 heteroatoms. The van der Waals surface area contributed by atoms with E-state index < -0.39 is 0 Å². The molecule has 5 nitrogen and oxygen atoms in total. The third-order valence-corrected chi connectivity index (χ3v) is 4.46. The summed E-state index contributed by atoms with van der Waals surface area (Å²) in [5.74, 6) is 0.818. The molecule has 0 radical (unpaired) electrons. The van der Waals surface area contributed by atoms with E-state index >= 15 is 0 Å². The molecule has 2 heterocycles. The number of benzene rings is 1. The Morgan fingerprint density at radius 3 is 2.63 bits per heavy atom. The maximum absolute atomic E-state index is 12.5. The first kappa shape index (κ1) is 23.2. The number of pyridine rings is 1. The van der Waals surface area contributed by atoms with Gasteiger partial charge in [-0.2, -0.15) is 0 Å². The van der Waals surface area contributed by atoms with Gasteiger partial charge in [0.15, 0.2) is 0 Å². The van der Waals surface area contributed by atoms with Crippen molar-refractivity contribution in [2.24, 2.45) is 0 Å². The number of aryl methyl sites for hydroxylation is 2. The number of amides is 1. The van der Waals surface area contributed by atoms with Crippen LogP contribution in [-0.2, 0) is 6.61 Å². The second kappa shape index (κ2) is 11.1. The molecule has 1 atom stereocenters. The average Bonchev–Trinajstić information content (AvgIpc) is 2.62. The molecule has 2 aromatic rings. The zero-order chi connectivity index (χ0) is 17.6. The van der Waals surface area contributed by atoms with Gasteiger partial charge in [0.25, 0.3) is 5.91 Å². The molecule has 3 rings (SSSR count). The number of carbonyl (C=O) groups excluding carboxylic acids is 1. The Labute approximate surface area is 173 Å². The van der Waals surface area contributed by atoms with Gasteiger partial charge >= 0.3 is 0 Å². The van der Waals surface area contributed by atoms with Crippen molar-refractivity contribution >= 4 is 30.7 Å². The fourth-order valence-corrected chi connectivity index (χ4v) is 3.19. The second-order valence-electron chi connectivity index (χ2n) is 6.61. The van der Waals surface area contributed by atoms with Gasteiger partial charge in [0, 0.05) is 36.1 Å².